The fourth-order valence-corrected chi connectivity index (χ4v) is 5.05. The number of esters is 2. The van der Waals surface area contributed by atoms with Gasteiger partial charge in [0.25, 0.3) is 0 Å². The summed E-state index contributed by atoms with van der Waals surface area (Å²) < 4.78 is 27.1. The molecule has 0 unspecified atom stereocenters. The van der Waals surface area contributed by atoms with Gasteiger partial charge in [0.05, 0.1) is 25.0 Å². The highest BCUT2D eigenvalue weighted by Gasteiger charge is 2.53. The van der Waals surface area contributed by atoms with Crippen LogP contribution in [0.4, 0.5) is 0 Å². The molecule has 1 aliphatic carbocycles. The lowest BCUT2D eigenvalue weighted by molar-refractivity contribution is -0.342. The minimum Gasteiger partial charge on any atom is -0.508 e. The van der Waals surface area contributed by atoms with Gasteiger partial charge in [-0.2, -0.15) is 0 Å². The summed E-state index contributed by atoms with van der Waals surface area (Å²) in [7, 11) is 1.24. The molecule has 2 heterocycles. The summed E-state index contributed by atoms with van der Waals surface area (Å²) in [5.74, 6) is -2.52. The lowest BCUT2D eigenvalue weighted by Gasteiger charge is -2.43. The number of methoxy groups -OCH3 is 1. The van der Waals surface area contributed by atoms with Crippen molar-refractivity contribution in [3.63, 3.8) is 0 Å². The molecule has 2 aliphatic heterocycles. The topological polar surface area (TPSA) is 181 Å². The van der Waals surface area contributed by atoms with Crippen LogP contribution in [0.15, 0.2) is 42.2 Å². The number of aliphatic hydroxyl groups excluding tert-OH is 4. The number of benzene rings is 1. The lowest BCUT2D eigenvalue weighted by Crippen LogP contribution is -2.60. The van der Waals surface area contributed by atoms with E-state index in [1.54, 1.807) is 19.1 Å². The summed E-state index contributed by atoms with van der Waals surface area (Å²) in [6.07, 6.45) is -5.36. The van der Waals surface area contributed by atoms with E-state index in [9.17, 15) is 35.1 Å². The number of phenols is 1. The molecule has 0 aromatic heterocycles. The molecule has 12 heteroatoms. The van der Waals surface area contributed by atoms with E-state index in [0.29, 0.717) is 5.56 Å². The van der Waals surface area contributed by atoms with E-state index in [1.807, 2.05) is 0 Å². The van der Waals surface area contributed by atoms with Gasteiger partial charge in [0.1, 0.15) is 36.8 Å². The molecule has 2 fully saturated rings. The van der Waals surface area contributed by atoms with Gasteiger partial charge in [0.15, 0.2) is 6.29 Å². The van der Waals surface area contributed by atoms with Gasteiger partial charge >= 0.3 is 11.9 Å². The van der Waals surface area contributed by atoms with Gasteiger partial charge in [-0.25, -0.2) is 9.59 Å². The molecule has 10 atom stereocenters. The van der Waals surface area contributed by atoms with E-state index in [1.165, 1.54) is 31.6 Å². The van der Waals surface area contributed by atoms with Crippen LogP contribution in [0.5, 0.6) is 5.75 Å². The third kappa shape index (κ3) is 5.85. The van der Waals surface area contributed by atoms with Crippen LogP contribution in [0.3, 0.4) is 0 Å². The predicted molar refractivity (Wildman–Crippen MR) is 128 cm³/mol. The number of phenolic OH excluding ortho intramolecular Hbond substituents is 1. The first-order valence-electron chi connectivity index (χ1n) is 12.2. The Morgan fingerprint density at radius 3 is 2.45 bits per heavy atom. The minimum atomic E-state index is -1.68. The Kier molecular flexibility index (Phi) is 8.71. The Morgan fingerprint density at radius 2 is 1.76 bits per heavy atom. The Bertz CT molecular complexity index is 1050. The number of fused-ring (bicyclic) bond motifs is 1. The first-order chi connectivity index (χ1) is 18.1. The predicted octanol–water partition coefficient (Wildman–Crippen LogP) is -0.181. The van der Waals surface area contributed by atoms with Gasteiger partial charge in [-0.15, -0.1) is 0 Å². The SMILES string of the molecule is COC(=O)C1=CO[C@@H](O[C@@H]2O[C@H](COC(=O)/C=C\c3ccc(O)cc3)[C@@H](O)[C@H](O)[C@H]2O)[C@@H]2[C@@H](C)[C@@H](O)C[C@H]12. The van der Waals surface area contributed by atoms with Crippen molar-refractivity contribution in [1.29, 1.82) is 0 Å². The molecule has 0 amide bonds. The van der Waals surface area contributed by atoms with Crippen LogP contribution in [0.1, 0.15) is 18.9 Å². The molecule has 1 aromatic rings. The van der Waals surface area contributed by atoms with E-state index < -0.39 is 73.5 Å². The summed E-state index contributed by atoms with van der Waals surface area (Å²) in [6.45, 7) is 1.32. The summed E-state index contributed by atoms with van der Waals surface area (Å²) in [5, 5.41) is 51.0. The minimum absolute atomic E-state index is 0.0818. The van der Waals surface area contributed by atoms with Crippen molar-refractivity contribution in [2.24, 2.45) is 17.8 Å². The highest BCUT2D eigenvalue weighted by molar-refractivity contribution is 5.89. The average Bonchev–Trinajstić information content (AvgIpc) is 3.21. The smallest absolute Gasteiger partial charge is 0.337 e. The number of ether oxygens (including phenoxy) is 5. The van der Waals surface area contributed by atoms with Crippen molar-refractivity contribution < 1.29 is 58.8 Å². The number of aliphatic hydroxyl groups is 4. The number of hydrogen-bond donors (Lipinski definition) is 5. The van der Waals surface area contributed by atoms with Crippen molar-refractivity contribution in [2.45, 2.75) is 56.4 Å². The van der Waals surface area contributed by atoms with Gasteiger partial charge < -0.3 is 49.2 Å². The maximum atomic E-state index is 12.2. The number of aromatic hydroxyl groups is 1. The van der Waals surface area contributed by atoms with E-state index in [-0.39, 0.29) is 23.7 Å². The fourth-order valence-electron chi connectivity index (χ4n) is 5.05. The molecule has 0 bridgehead atoms. The molecule has 3 aliphatic rings. The molecule has 208 valence electrons. The molecule has 12 nitrogen and oxygen atoms in total. The summed E-state index contributed by atoms with van der Waals surface area (Å²) in [4.78, 5) is 24.3. The van der Waals surface area contributed by atoms with Crippen LogP contribution in [0.2, 0.25) is 0 Å². The molecular weight excluding hydrogens is 504 g/mol. The lowest BCUT2D eigenvalue weighted by atomic mass is 9.83. The van der Waals surface area contributed by atoms with Crippen LogP contribution in [-0.4, -0.2) is 94.3 Å². The molecule has 1 saturated carbocycles. The van der Waals surface area contributed by atoms with Crippen molar-refractivity contribution in [2.75, 3.05) is 13.7 Å². The normalized spacial score (nSPS) is 36.7. The molecule has 38 heavy (non-hydrogen) atoms. The van der Waals surface area contributed by atoms with Crippen molar-refractivity contribution in [3.05, 3.63) is 47.7 Å². The summed E-state index contributed by atoms with van der Waals surface area (Å²) >= 11 is 0. The molecule has 1 saturated heterocycles. The highest BCUT2D eigenvalue weighted by atomic mass is 16.8. The third-order valence-electron chi connectivity index (χ3n) is 7.27. The Hall–Kier alpha value is -3.00. The fraction of sp³-hybridized carbons (Fsp3) is 0.538. The quantitative estimate of drug-likeness (QED) is 0.229. The number of carbonyl (C=O) groups is 2. The maximum absolute atomic E-state index is 12.2. The van der Waals surface area contributed by atoms with Crippen LogP contribution in [-0.2, 0) is 33.3 Å². The van der Waals surface area contributed by atoms with Crippen molar-refractivity contribution in [1.82, 2.24) is 0 Å². The molecular formula is C26H32O12. The standard InChI is InChI=1S/C26H32O12/c1-12-17(28)9-15-16(24(33)34-2)10-36-25(20(12)15)38-26-23(32)22(31)21(30)18(37-26)11-35-19(29)8-5-13-3-6-14(27)7-4-13/h3-8,10,12,15,17-18,20-23,25-28,30-32H,9,11H2,1-2H3/b8-5-/t12-,15+,17-,18+,20+,21+,22-,23+,25-,26-/m0/s1. The van der Waals surface area contributed by atoms with Crippen LogP contribution < -0.4 is 0 Å². The van der Waals surface area contributed by atoms with Gasteiger partial charge in [0.2, 0.25) is 6.29 Å². The first kappa shape index (κ1) is 28.0. The third-order valence-corrected chi connectivity index (χ3v) is 7.27. The van der Waals surface area contributed by atoms with Gasteiger partial charge in [-0.3, -0.25) is 0 Å². The van der Waals surface area contributed by atoms with Gasteiger partial charge in [0, 0.05) is 17.9 Å². The van der Waals surface area contributed by atoms with E-state index in [2.05, 4.69) is 0 Å². The van der Waals surface area contributed by atoms with Crippen LogP contribution >= 0.6 is 0 Å². The van der Waals surface area contributed by atoms with E-state index >= 15 is 0 Å². The van der Waals surface area contributed by atoms with E-state index in [4.69, 9.17) is 23.7 Å². The molecule has 0 radical (unpaired) electrons. The second kappa shape index (κ2) is 11.8. The average molecular weight is 537 g/mol. The second-order valence-electron chi connectivity index (χ2n) is 9.62. The molecule has 4 rings (SSSR count). The van der Waals surface area contributed by atoms with Gasteiger partial charge in [-0.1, -0.05) is 19.1 Å². The summed E-state index contributed by atoms with van der Waals surface area (Å²) in [5.41, 5.74) is 0.897. The number of carbonyl (C=O) groups excluding carboxylic acids is 2. The zero-order valence-electron chi connectivity index (χ0n) is 20.8. The second-order valence-corrected chi connectivity index (χ2v) is 9.62. The maximum Gasteiger partial charge on any atom is 0.337 e. The van der Waals surface area contributed by atoms with Crippen molar-refractivity contribution >= 4 is 18.0 Å². The van der Waals surface area contributed by atoms with E-state index in [0.717, 1.165) is 6.08 Å². The zero-order valence-corrected chi connectivity index (χ0v) is 20.8. The zero-order chi connectivity index (χ0) is 27.6. The monoisotopic (exact) mass is 536 g/mol. The Morgan fingerprint density at radius 1 is 1.05 bits per heavy atom. The number of rotatable bonds is 7. The Balaban J connectivity index is 1.41. The number of hydrogen-bond acceptors (Lipinski definition) is 12. The van der Waals surface area contributed by atoms with Crippen molar-refractivity contribution in [3.8, 4) is 5.75 Å². The highest BCUT2D eigenvalue weighted by Crippen LogP contribution is 2.47. The largest absolute Gasteiger partial charge is 0.508 e. The van der Waals surface area contributed by atoms with Crippen LogP contribution in [0, 0.1) is 17.8 Å². The first-order valence-corrected chi connectivity index (χ1v) is 12.2. The summed E-state index contributed by atoms with van der Waals surface area (Å²) in [6, 6.07) is 6.11. The van der Waals surface area contributed by atoms with Crippen LogP contribution in [0.25, 0.3) is 6.08 Å². The molecule has 1 aromatic carbocycles. The molecule has 0 spiro atoms. The van der Waals surface area contributed by atoms with Gasteiger partial charge in [-0.05, 0) is 36.1 Å². The molecule has 5 N–H and O–H groups in total. The Labute approximate surface area is 218 Å².